The number of nitriles is 1. The zero-order chi connectivity index (χ0) is 14.3. The van der Waals surface area contributed by atoms with Crippen LogP contribution in [0.15, 0.2) is 12.1 Å². The summed E-state index contributed by atoms with van der Waals surface area (Å²) >= 11 is 6.12. The van der Waals surface area contributed by atoms with E-state index >= 15 is 0 Å². The molecule has 1 aromatic carbocycles. The number of benzene rings is 1. The number of nitrogens with zero attached hydrogens (tertiary/aromatic N) is 1. The molecular weight excluding hydrogens is 258 g/mol. The van der Waals surface area contributed by atoms with Crippen LogP contribution >= 0.6 is 11.6 Å². The van der Waals surface area contributed by atoms with Gasteiger partial charge in [-0.15, -0.1) is 12.8 Å². The van der Waals surface area contributed by atoms with Gasteiger partial charge in [-0.05, 0) is 44.0 Å². The van der Waals surface area contributed by atoms with Gasteiger partial charge in [0.15, 0.2) is 0 Å². The van der Waals surface area contributed by atoms with Gasteiger partial charge in [0.25, 0.3) is 0 Å². The largest absolute Gasteiger partial charge is 0.383 e. The molecule has 19 heavy (non-hydrogen) atoms. The van der Waals surface area contributed by atoms with Crippen molar-refractivity contribution in [2.75, 3.05) is 18.4 Å². The maximum absolute atomic E-state index is 8.87. The molecule has 4 heteroatoms. The minimum atomic E-state index is 0.536. The number of hydrogen-bond acceptors (Lipinski definition) is 3. The third-order valence-electron chi connectivity index (χ3n) is 3.21. The highest BCUT2D eigenvalue weighted by molar-refractivity contribution is 6.32. The van der Waals surface area contributed by atoms with Crippen LogP contribution in [0.25, 0.3) is 0 Å². The molecule has 0 saturated carbocycles. The summed E-state index contributed by atoms with van der Waals surface area (Å²) in [4.78, 5) is 0. The van der Waals surface area contributed by atoms with Crippen LogP contribution in [-0.2, 0) is 0 Å². The normalized spacial score (nSPS) is 17.1. The second-order valence-electron chi connectivity index (χ2n) is 4.39. The highest BCUT2D eigenvalue weighted by Crippen LogP contribution is 2.27. The van der Waals surface area contributed by atoms with Crippen LogP contribution in [0.5, 0.6) is 0 Å². The Hall–Kier alpha value is -1.68. The first-order valence-corrected chi connectivity index (χ1v) is 6.60. The molecule has 3 nitrogen and oxygen atoms in total. The molecule has 0 aliphatic carbocycles. The van der Waals surface area contributed by atoms with Crippen molar-refractivity contribution in [3.05, 3.63) is 28.3 Å². The van der Waals surface area contributed by atoms with Gasteiger partial charge in [-0.1, -0.05) is 11.6 Å². The smallest absolute Gasteiger partial charge is 0.101 e. The lowest BCUT2D eigenvalue weighted by atomic mass is 10.1. The van der Waals surface area contributed by atoms with Crippen LogP contribution in [0.4, 0.5) is 5.69 Å². The van der Waals surface area contributed by atoms with Gasteiger partial charge in [-0.25, -0.2) is 0 Å². The van der Waals surface area contributed by atoms with E-state index < -0.39 is 0 Å². The summed E-state index contributed by atoms with van der Waals surface area (Å²) in [7, 11) is 0. The molecule has 2 rings (SSSR count). The van der Waals surface area contributed by atoms with Crippen molar-refractivity contribution in [1.82, 2.24) is 5.32 Å². The maximum Gasteiger partial charge on any atom is 0.101 e. The quantitative estimate of drug-likeness (QED) is 0.834. The molecule has 1 aromatic rings. The van der Waals surface area contributed by atoms with Gasteiger partial charge in [0, 0.05) is 18.3 Å². The maximum atomic E-state index is 8.87. The lowest BCUT2D eigenvalue weighted by Gasteiger charge is -2.15. The van der Waals surface area contributed by atoms with E-state index in [1.54, 1.807) is 6.07 Å². The van der Waals surface area contributed by atoms with E-state index in [-0.39, 0.29) is 0 Å². The molecule has 0 amide bonds. The molecule has 0 bridgehead atoms. The third kappa shape index (κ3) is 3.89. The molecule has 1 heterocycles. The molecule has 1 fully saturated rings. The van der Waals surface area contributed by atoms with Gasteiger partial charge in [0.05, 0.1) is 10.6 Å². The molecule has 2 N–H and O–H groups in total. The molecule has 0 aromatic heterocycles. The van der Waals surface area contributed by atoms with Crippen LogP contribution < -0.4 is 10.6 Å². The molecule has 1 aliphatic heterocycles. The van der Waals surface area contributed by atoms with Crippen molar-refractivity contribution < 1.29 is 0 Å². The Kier molecular flexibility index (Phi) is 6.22. The third-order valence-corrected chi connectivity index (χ3v) is 3.70. The Morgan fingerprint density at radius 1 is 1.53 bits per heavy atom. The van der Waals surface area contributed by atoms with Crippen molar-refractivity contribution in [3.63, 3.8) is 0 Å². The fourth-order valence-corrected chi connectivity index (χ4v) is 2.33. The Balaban J connectivity index is 0.000000861. The van der Waals surface area contributed by atoms with Gasteiger partial charge in [0.2, 0.25) is 0 Å². The van der Waals surface area contributed by atoms with Crippen LogP contribution in [-0.4, -0.2) is 19.1 Å². The second-order valence-corrected chi connectivity index (χ2v) is 4.76. The summed E-state index contributed by atoms with van der Waals surface area (Å²) in [5.74, 6) is 0. The Bertz CT molecular complexity index is 482. The Morgan fingerprint density at radius 2 is 2.26 bits per heavy atom. The zero-order valence-corrected chi connectivity index (χ0v) is 11.8. The lowest BCUT2D eigenvalue weighted by Crippen LogP contribution is -2.29. The molecule has 1 atom stereocenters. The number of rotatable bonds is 3. The van der Waals surface area contributed by atoms with E-state index in [1.165, 1.54) is 12.8 Å². The van der Waals surface area contributed by atoms with Gasteiger partial charge in [-0.2, -0.15) is 5.26 Å². The average Bonchev–Trinajstić information content (AvgIpc) is 2.96. The zero-order valence-electron chi connectivity index (χ0n) is 11.0. The van der Waals surface area contributed by atoms with E-state index in [0.29, 0.717) is 16.6 Å². The summed E-state index contributed by atoms with van der Waals surface area (Å²) < 4.78 is 0. The van der Waals surface area contributed by atoms with Gasteiger partial charge in [-0.3, -0.25) is 0 Å². The standard InChI is InChI=1S/C13H16ClN3.C2H2/c1-9-12(5-4-10(7-15)13(9)14)17-8-11-3-2-6-16-11;1-2/h4-5,11,16-17H,2-3,6,8H2,1H3;1-2H. The molecule has 0 radical (unpaired) electrons. The molecule has 1 saturated heterocycles. The molecule has 0 spiro atoms. The summed E-state index contributed by atoms with van der Waals surface area (Å²) in [6.07, 6.45) is 10.5. The highest BCUT2D eigenvalue weighted by atomic mass is 35.5. The average molecular weight is 276 g/mol. The fraction of sp³-hybridized carbons (Fsp3) is 0.400. The van der Waals surface area contributed by atoms with Gasteiger partial charge in [0.1, 0.15) is 6.07 Å². The second kappa shape index (κ2) is 7.69. The predicted molar refractivity (Wildman–Crippen MR) is 80.3 cm³/mol. The van der Waals surface area contributed by atoms with E-state index in [1.807, 2.05) is 13.0 Å². The number of terminal acetylenes is 1. The van der Waals surface area contributed by atoms with Crippen molar-refractivity contribution in [3.8, 4) is 18.9 Å². The fourth-order valence-electron chi connectivity index (χ4n) is 2.13. The van der Waals surface area contributed by atoms with E-state index in [0.717, 1.165) is 24.3 Å². The minimum absolute atomic E-state index is 0.536. The van der Waals surface area contributed by atoms with Crippen LogP contribution in [0.3, 0.4) is 0 Å². The molecule has 100 valence electrons. The predicted octanol–water partition coefficient (Wildman–Crippen LogP) is 2.93. The Labute approximate surface area is 120 Å². The van der Waals surface area contributed by atoms with Crippen LogP contribution in [0.1, 0.15) is 24.0 Å². The summed E-state index contributed by atoms with van der Waals surface area (Å²) in [5.41, 5.74) is 2.50. The van der Waals surface area contributed by atoms with E-state index in [9.17, 15) is 0 Å². The van der Waals surface area contributed by atoms with Crippen molar-refractivity contribution in [2.45, 2.75) is 25.8 Å². The number of nitrogens with one attached hydrogen (secondary N) is 2. The highest BCUT2D eigenvalue weighted by Gasteiger charge is 2.14. The summed E-state index contributed by atoms with van der Waals surface area (Å²) in [6.45, 7) is 3.95. The first kappa shape index (κ1) is 15.4. The van der Waals surface area contributed by atoms with E-state index in [2.05, 4.69) is 29.5 Å². The van der Waals surface area contributed by atoms with Crippen LogP contribution in [0.2, 0.25) is 5.02 Å². The molecular formula is C15H18ClN3. The summed E-state index contributed by atoms with van der Waals surface area (Å²) in [5, 5.41) is 16.3. The SMILES string of the molecule is C#C.Cc1c(NCC2CCCN2)ccc(C#N)c1Cl. The topological polar surface area (TPSA) is 47.8 Å². The van der Waals surface area contributed by atoms with Gasteiger partial charge >= 0.3 is 0 Å². The van der Waals surface area contributed by atoms with Crippen molar-refractivity contribution in [2.24, 2.45) is 0 Å². The van der Waals surface area contributed by atoms with Crippen molar-refractivity contribution >= 4 is 17.3 Å². The number of anilines is 1. The molecule has 1 unspecified atom stereocenters. The lowest BCUT2D eigenvalue weighted by molar-refractivity contribution is 0.633. The van der Waals surface area contributed by atoms with Crippen molar-refractivity contribution in [1.29, 1.82) is 5.26 Å². The first-order chi connectivity index (χ1) is 9.22. The number of halogens is 1. The monoisotopic (exact) mass is 275 g/mol. The first-order valence-electron chi connectivity index (χ1n) is 6.22. The van der Waals surface area contributed by atoms with E-state index in [4.69, 9.17) is 16.9 Å². The van der Waals surface area contributed by atoms with Crippen LogP contribution in [0, 0.1) is 31.1 Å². The molecule has 1 aliphatic rings. The number of hydrogen-bond donors (Lipinski definition) is 2. The minimum Gasteiger partial charge on any atom is -0.383 e. The summed E-state index contributed by atoms with van der Waals surface area (Å²) in [6, 6.07) is 6.32. The Morgan fingerprint density at radius 3 is 2.84 bits per heavy atom. The van der Waals surface area contributed by atoms with Gasteiger partial charge < -0.3 is 10.6 Å².